The zero-order chi connectivity index (χ0) is 11.4. The summed E-state index contributed by atoms with van der Waals surface area (Å²) in [5, 5.41) is 7.13. The molecule has 2 aromatic rings. The van der Waals surface area contributed by atoms with Gasteiger partial charge in [0.2, 0.25) is 0 Å². The molecule has 0 unspecified atom stereocenters. The smallest absolute Gasteiger partial charge is 0.124 e. The molecule has 0 aliphatic rings. The molecule has 2 rings (SSSR count). The van der Waals surface area contributed by atoms with E-state index in [1.807, 2.05) is 18.6 Å². The molecule has 0 saturated carbocycles. The lowest BCUT2D eigenvalue weighted by Crippen LogP contribution is -2.16. The van der Waals surface area contributed by atoms with Crippen molar-refractivity contribution in [1.29, 1.82) is 0 Å². The minimum Gasteiger partial charge on any atom is -0.364 e. The molecule has 0 bridgehead atoms. The first-order valence-electron chi connectivity index (χ1n) is 5.38. The third-order valence-corrected chi connectivity index (χ3v) is 2.41. The fourth-order valence-corrected chi connectivity index (χ4v) is 1.58. The molecule has 5 nitrogen and oxygen atoms in total. The summed E-state index contributed by atoms with van der Waals surface area (Å²) in [6.07, 6.45) is 5.32. The van der Waals surface area contributed by atoms with E-state index in [2.05, 4.69) is 33.9 Å². The van der Waals surface area contributed by atoms with Gasteiger partial charge in [0.15, 0.2) is 0 Å². The third-order valence-electron chi connectivity index (χ3n) is 2.41. The zero-order valence-corrected chi connectivity index (χ0v) is 9.55. The second-order valence-electron chi connectivity index (χ2n) is 3.98. The Morgan fingerprint density at radius 2 is 2.31 bits per heavy atom. The Labute approximate surface area is 94.5 Å². The summed E-state index contributed by atoms with van der Waals surface area (Å²) in [6, 6.07) is 2.29. The Balaban J connectivity index is 1.87. The summed E-state index contributed by atoms with van der Waals surface area (Å²) in [5.41, 5.74) is 2.09. The molecule has 0 radical (unpaired) electrons. The molecule has 0 spiro atoms. The summed E-state index contributed by atoms with van der Waals surface area (Å²) >= 11 is 0. The first-order valence-corrected chi connectivity index (χ1v) is 5.38. The van der Waals surface area contributed by atoms with Crippen LogP contribution in [0.1, 0.15) is 31.3 Å². The number of hydrogen-bond acceptors (Lipinski definition) is 4. The Morgan fingerprint density at radius 1 is 1.44 bits per heavy atom. The highest BCUT2D eigenvalue weighted by atomic mass is 16.5. The van der Waals surface area contributed by atoms with Crippen LogP contribution in [0.2, 0.25) is 0 Å². The second-order valence-corrected chi connectivity index (χ2v) is 3.98. The molecule has 1 N–H and O–H groups in total. The molecule has 0 aliphatic carbocycles. The number of hydrogen-bond donors (Lipinski definition) is 1. The van der Waals surface area contributed by atoms with E-state index in [4.69, 9.17) is 4.52 Å². The fraction of sp³-hybridized carbons (Fsp3) is 0.455. The number of aromatic nitrogens is 3. The molecule has 5 heteroatoms. The van der Waals surface area contributed by atoms with Gasteiger partial charge in [0.05, 0.1) is 17.7 Å². The topological polar surface area (TPSA) is 55.9 Å². The number of nitrogens with one attached hydrogen (secondary N) is 1. The van der Waals surface area contributed by atoms with Gasteiger partial charge in [-0.25, -0.2) is 4.98 Å². The minimum absolute atomic E-state index is 0.436. The molecular formula is C11H16N4O. The van der Waals surface area contributed by atoms with Crippen molar-refractivity contribution in [2.75, 3.05) is 0 Å². The summed E-state index contributed by atoms with van der Waals surface area (Å²) in [5.74, 6) is 0. The van der Waals surface area contributed by atoms with Crippen LogP contribution >= 0.6 is 0 Å². The van der Waals surface area contributed by atoms with Crippen LogP contribution in [0.3, 0.4) is 0 Å². The quantitative estimate of drug-likeness (QED) is 0.834. The van der Waals surface area contributed by atoms with Crippen molar-refractivity contribution in [3.05, 3.63) is 36.2 Å². The van der Waals surface area contributed by atoms with Gasteiger partial charge in [-0.1, -0.05) is 5.16 Å². The van der Waals surface area contributed by atoms with E-state index in [1.165, 1.54) is 5.69 Å². The van der Waals surface area contributed by atoms with Crippen LogP contribution < -0.4 is 5.32 Å². The highest BCUT2D eigenvalue weighted by Crippen LogP contribution is 2.08. The molecule has 0 atom stereocenters. The molecule has 0 aliphatic heterocycles. The molecular weight excluding hydrogens is 204 g/mol. The van der Waals surface area contributed by atoms with Crippen molar-refractivity contribution >= 4 is 0 Å². The molecule has 0 amide bonds. The Morgan fingerprint density at radius 3 is 3.00 bits per heavy atom. The van der Waals surface area contributed by atoms with Gasteiger partial charge in [0, 0.05) is 31.4 Å². The van der Waals surface area contributed by atoms with Gasteiger partial charge in [-0.2, -0.15) is 0 Å². The normalized spacial score (nSPS) is 11.2. The molecule has 0 saturated heterocycles. The highest BCUT2D eigenvalue weighted by molar-refractivity contribution is 5.00. The van der Waals surface area contributed by atoms with Crippen molar-refractivity contribution in [3.8, 4) is 0 Å². The highest BCUT2D eigenvalue weighted by Gasteiger charge is 2.04. The van der Waals surface area contributed by atoms with Crippen LogP contribution in [-0.2, 0) is 13.1 Å². The van der Waals surface area contributed by atoms with Gasteiger partial charge < -0.3 is 14.4 Å². The van der Waals surface area contributed by atoms with Crippen molar-refractivity contribution in [3.63, 3.8) is 0 Å². The molecule has 2 heterocycles. The van der Waals surface area contributed by atoms with E-state index >= 15 is 0 Å². The first-order chi connectivity index (χ1) is 7.77. The molecule has 0 fully saturated rings. The summed E-state index contributed by atoms with van der Waals surface area (Å²) in [6.45, 7) is 5.77. The average molecular weight is 220 g/mol. The van der Waals surface area contributed by atoms with E-state index in [0.29, 0.717) is 12.6 Å². The van der Waals surface area contributed by atoms with Gasteiger partial charge >= 0.3 is 0 Å². The van der Waals surface area contributed by atoms with E-state index in [9.17, 15) is 0 Å². The van der Waals surface area contributed by atoms with Crippen LogP contribution in [0.25, 0.3) is 0 Å². The second kappa shape index (κ2) is 4.94. The SMILES string of the molecule is CC(C)n1cncc1CNCc1ccon1. The van der Waals surface area contributed by atoms with Crippen molar-refractivity contribution in [2.24, 2.45) is 0 Å². The number of imidazole rings is 1. The van der Waals surface area contributed by atoms with Crippen LogP contribution in [-0.4, -0.2) is 14.7 Å². The molecule has 86 valence electrons. The van der Waals surface area contributed by atoms with Gasteiger partial charge in [-0.05, 0) is 13.8 Å². The van der Waals surface area contributed by atoms with Crippen LogP contribution in [0.4, 0.5) is 0 Å². The molecule has 16 heavy (non-hydrogen) atoms. The summed E-state index contributed by atoms with van der Waals surface area (Å²) in [4.78, 5) is 4.15. The van der Waals surface area contributed by atoms with Gasteiger partial charge in [0.25, 0.3) is 0 Å². The fourth-order valence-electron chi connectivity index (χ4n) is 1.58. The van der Waals surface area contributed by atoms with Crippen molar-refractivity contribution in [1.82, 2.24) is 20.0 Å². The number of rotatable bonds is 5. The molecule has 0 aromatic carbocycles. The predicted octanol–water partition coefficient (Wildman–Crippen LogP) is 1.74. The summed E-state index contributed by atoms with van der Waals surface area (Å²) < 4.78 is 6.91. The van der Waals surface area contributed by atoms with E-state index in [0.717, 1.165) is 12.2 Å². The average Bonchev–Trinajstić information content (AvgIpc) is 2.87. The van der Waals surface area contributed by atoms with Crippen LogP contribution in [0.15, 0.2) is 29.4 Å². The lowest BCUT2D eigenvalue weighted by Gasteiger charge is -2.11. The largest absolute Gasteiger partial charge is 0.364 e. The Bertz CT molecular complexity index is 419. The number of nitrogens with zero attached hydrogens (tertiary/aromatic N) is 3. The van der Waals surface area contributed by atoms with Gasteiger partial charge in [0.1, 0.15) is 6.26 Å². The monoisotopic (exact) mass is 220 g/mol. The maximum Gasteiger partial charge on any atom is 0.124 e. The van der Waals surface area contributed by atoms with Gasteiger partial charge in [-0.3, -0.25) is 0 Å². The first kappa shape index (κ1) is 10.9. The lowest BCUT2D eigenvalue weighted by atomic mass is 10.3. The Kier molecular flexibility index (Phi) is 3.36. The van der Waals surface area contributed by atoms with E-state index in [-0.39, 0.29) is 0 Å². The minimum atomic E-state index is 0.436. The standard InChI is InChI=1S/C11H16N4O/c1-9(2)15-8-13-7-11(15)6-12-5-10-3-4-16-14-10/h3-4,7-9,12H,5-6H2,1-2H3. The lowest BCUT2D eigenvalue weighted by molar-refractivity contribution is 0.408. The third kappa shape index (κ3) is 2.49. The zero-order valence-electron chi connectivity index (χ0n) is 9.55. The van der Waals surface area contributed by atoms with E-state index in [1.54, 1.807) is 6.26 Å². The van der Waals surface area contributed by atoms with Crippen molar-refractivity contribution in [2.45, 2.75) is 33.0 Å². The maximum atomic E-state index is 4.76. The van der Waals surface area contributed by atoms with Crippen molar-refractivity contribution < 1.29 is 4.52 Å². The van der Waals surface area contributed by atoms with Crippen LogP contribution in [0.5, 0.6) is 0 Å². The molecule has 2 aromatic heterocycles. The predicted molar refractivity (Wildman–Crippen MR) is 59.7 cm³/mol. The maximum absolute atomic E-state index is 4.76. The summed E-state index contributed by atoms with van der Waals surface area (Å²) in [7, 11) is 0. The Hall–Kier alpha value is -1.62. The van der Waals surface area contributed by atoms with Gasteiger partial charge in [-0.15, -0.1) is 0 Å². The van der Waals surface area contributed by atoms with E-state index < -0.39 is 0 Å². The van der Waals surface area contributed by atoms with Crippen LogP contribution in [0, 0.1) is 0 Å².